The lowest BCUT2D eigenvalue weighted by atomic mass is 9.99. The molecule has 5 atom stereocenters. The highest BCUT2D eigenvalue weighted by Gasteiger charge is 2.44. The molecule has 9 nitrogen and oxygen atoms in total. The average Bonchev–Trinajstić information content (AvgIpc) is 3.15. The largest absolute Gasteiger partial charge is 0.507 e. The predicted octanol–water partition coefficient (Wildman–Crippen LogP) is -0.547. The Morgan fingerprint density at radius 2 is 2.00 bits per heavy atom. The number of ether oxygens (including phenoxy) is 2. The summed E-state index contributed by atoms with van der Waals surface area (Å²) in [5.41, 5.74) is 2.30. The van der Waals surface area contributed by atoms with Crippen molar-refractivity contribution in [3.05, 3.63) is 40.3 Å². The lowest BCUT2D eigenvalue weighted by molar-refractivity contribution is -0.277. The predicted molar refractivity (Wildman–Crippen MR) is 92.7 cm³/mol. The van der Waals surface area contributed by atoms with E-state index in [9.17, 15) is 30.3 Å². The Hall–Kier alpha value is -2.08. The SMILES string of the molecule is O=C(Cc1cscn1)c1ccc(O[C@H]2O[C@@H](CO)[C@H](O)[C@@H](O)[C@@H]2O)cc1O. The number of aliphatic hydroxyl groups is 4. The van der Waals surface area contributed by atoms with Crippen LogP contribution in [-0.4, -0.2) is 73.6 Å². The van der Waals surface area contributed by atoms with E-state index in [1.54, 1.807) is 10.9 Å². The molecule has 0 radical (unpaired) electrons. The number of nitrogens with zero attached hydrogens (tertiary/aromatic N) is 1. The van der Waals surface area contributed by atoms with E-state index >= 15 is 0 Å². The van der Waals surface area contributed by atoms with Crippen LogP contribution in [0, 0.1) is 0 Å². The highest BCUT2D eigenvalue weighted by atomic mass is 32.1. The highest BCUT2D eigenvalue weighted by molar-refractivity contribution is 7.07. The van der Waals surface area contributed by atoms with Crippen LogP contribution in [0.5, 0.6) is 11.5 Å². The van der Waals surface area contributed by atoms with Crippen molar-refractivity contribution in [2.24, 2.45) is 0 Å². The molecule has 1 aromatic heterocycles. The Balaban J connectivity index is 1.71. The summed E-state index contributed by atoms with van der Waals surface area (Å²) in [5.74, 6) is -0.572. The zero-order chi connectivity index (χ0) is 19.6. The Bertz CT molecular complexity index is 781. The van der Waals surface area contributed by atoms with E-state index in [1.165, 1.54) is 29.5 Å². The second-order valence-corrected chi connectivity index (χ2v) is 6.79. The van der Waals surface area contributed by atoms with Crippen LogP contribution in [0.25, 0.3) is 0 Å². The zero-order valence-electron chi connectivity index (χ0n) is 14.0. The lowest BCUT2D eigenvalue weighted by Crippen LogP contribution is -2.60. The molecule has 2 heterocycles. The van der Waals surface area contributed by atoms with Crippen LogP contribution in [0.2, 0.25) is 0 Å². The molecular formula is C17H19NO8S. The summed E-state index contributed by atoms with van der Waals surface area (Å²) in [6.45, 7) is -0.583. The number of phenolic OH excluding ortho intramolecular Hbond substituents is 1. The van der Waals surface area contributed by atoms with Gasteiger partial charge in [-0.25, -0.2) is 4.98 Å². The van der Waals surface area contributed by atoms with Crippen LogP contribution >= 0.6 is 11.3 Å². The first-order chi connectivity index (χ1) is 12.9. The van der Waals surface area contributed by atoms with Gasteiger partial charge < -0.3 is 35.0 Å². The van der Waals surface area contributed by atoms with E-state index in [1.807, 2.05) is 0 Å². The fraction of sp³-hybridized carbons (Fsp3) is 0.412. The molecule has 27 heavy (non-hydrogen) atoms. The third kappa shape index (κ3) is 4.26. The number of thiazole rings is 1. The van der Waals surface area contributed by atoms with Crippen molar-refractivity contribution in [3.63, 3.8) is 0 Å². The number of aromatic nitrogens is 1. The topological polar surface area (TPSA) is 150 Å². The van der Waals surface area contributed by atoms with Crippen molar-refractivity contribution < 1.29 is 39.8 Å². The number of aliphatic hydroxyl groups excluding tert-OH is 4. The summed E-state index contributed by atoms with van der Waals surface area (Å²) in [7, 11) is 0. The van der Waals surface area contributed by atoms with E-state index in [2.05, 4.69) is 4.98 Å². The third-order valence-electron chi connectivity index (χ3n) is 4.20. The monoisotopic (exact) mass is 397 g/mol. The molecular weight excluding hydrogens is 378 g/mol. The van der Waals surface area contributed by atoms with E-state index in [4.69, 9.17) is 9.47 Å². The molecule has 1 aromatic carbocycles. The second-order valence-electron chi connectivity index (χ2n) is 6.07. The summed E-state index contributed by atoms with van der Waals surface area (Å²) < 4.78 is 10.6. The first-order valence-electron chi connectivity index (χ1n) is 8.11. The Morgan fingerprint density at radius 3 is 2.63 bits per heavy atom. The fourth-order valence-electron chi connectivity index (χ4n) is 2.70. The number of phenols is 1. The van der Waals surface area contributed by atoms with Crippen molar-refractivity contribution in [2.75, 3.05) is 6.61 Å². The van der Waals surface area contributed by atoms with Crippen LogP contribution in [0.4, 0.5) is 0 Å². The van der Waals surface area contributed by atoms with Gasteiger partial charge in [0.25, 0.3) is 0 Å². The van der Waals surface area contributed by atoms with Gasteiger partial charge in [0.15, 0.2) is 5.78 Å². The average molecular weight is 397 g/mol. The van der Waals surface area contributed by atoms with Gasteiger partial charge in [-0.2, -0.15) is 0 Å². The summed E-state index contributed by atoms with van der Waals surface area (Å²) in [6.07, 6.45) is -7.09. The smallest absolute Gasteiger partial charge is 0.229 e. The molecule has 1 fully saturated rings. The molecule has 5 N–H and O–H groups in total. The molecule has 2 aromatic rings. The van der Waals surface area contributed by atoms with Gasteiger partial charge in [0.2, 0.25) is 6.29 Å². The molecule has 0 amide bonds. The molecule has 0 spiro atoms. The summed E-state index contributed by atoms with van der Waals surface area (Å²) in [5, 5.41) is 50.5. The second kappa shape index (κ2) is 8.30. The maximum absolute atomic E-state index is 12.3. The van der Waals surface area contributed by atoms with Gasteiger partial charge >= 0.3 is 0 Å². The van der Waals surface area contributed by atoms with Crippen LogP contribution in [-0.2, 0) is 11.2 Å². The molecule has 0 unspecified atom stereocenters. The first kappa shape index (κ1) is 19.7. The number of benzene rings is 1. The normalized spacial score (nSPS) is 28.1. The van der Waals surface area contributed by atoms with Gasteiger partial charge in [-0.15, -0.1) is 11.3 Å². The lowest BCUT2D eigenvalue weighted by Gasteiger charge is -2.39. The maximum atomic E-state index is 12.3. The molecule has 10 heteroatoms. The minimum Gasteiger partial charge on any atom is -0.507 e. The fourth-order valence-corrected chi connectivity index (χ4v) is 3.26. The summed E-state index contributed by atoms with van der Waals surface area (Å²) >= 11 is 1.37. The van der Waals surface area contributed by atoms with Crippen LogP contribution < -0.4 is 4.74 Å². The number of carbonyl (C=O) groups is 1. The van der Waals surface area contributed by atoms with Gasteiger partial charge in [0.1, 0.15) is 35.9 Å². The Labute approximate surface area is 158 Å². The van der Waals surface area contributed by atoms with Crippen LogP contribution in [0.15, 0.2) is 29.1 Å². The first-order valence-corrected chi connectivity index (χ1v) is 9.05. The van der Waals surface area contributed by atoms with Gasteiger partial charge in [0, 0.05) is 11.4 Å². The molecule has 1 aliphatic rings. The van der Waals surface area contributed by atoms with E-state index < -0.39 is 37.3 Å². The van der Waals surface area contributed by atoms with Crippen LogP contribution in [0.1, 0.15) is 16.1 Å². The number of carbonyl (C=O) groups excluding carboxylic acids is 1. The van der Waals surface area contributed by atoms with Gasteiger partial charge in [0.05, 0.1) is 29.8 Å². The number of hydrogen-bond acceptors (Lipinski definition) is 10. The number of ketones is 1. The summed E-state index contributed by atoms with van der Waals surface area (Å²) in [6, 6.07) is 3.94. The van der Waals surface area contributed by atoms with Crippen molar-refractivity contribution in [1.82, 2.24) is 4.98 Å². The molecule has 0 aliphatic carbocycles. The number of aromatic hydroxyl groups is 1. The number of hydrogen-bond donors (Lipinski definition) is 5. The highest BCUT2D eigenvalue weighted by Crippen LogP contribution is 2.29. The zero-order valence-corrected chi connectivity index (χ0v) is 14.8. The molecule has 0 bridgehead atoms. The molecule has 1 aliphatic heterocycles. The molecule has 0 saturated carbocycles. The quantitative estimate of drug-likeness (QED) is 0.405. The van der Waals surface area contributed by atoms with Gasteiger partial charge in [-0.1, -0.05) is 0 Å². The van der Waals surface area contributed by atoms with E-state index in [0.29, 0.717) is 5.69 Å². The minimum atomic E-state index is -1.58. The van der Waals surface area contributed by atoms with Gasteiger partial charge in [-0.3, -0.25) is 4.79 Å². The summed E-state index contributed by atoms with van der Waals surface area (Å²) in [4.78, 5) is 16.3. The maximum Gasteiger partial charge on any atom is 0.229 e. The molecule has 146 valence electrons. The Morgan fingerprint density at radius 1 is 1.22 bits per heavy atom. The number of Topliss-reactive ketones (excluding diaryl/α,β-unsaturated/α-hetero) is 1. The molecule has 1 saturated heterocycles. The minimum absolute atomic E-state index is 0.0456. The Kier molecular flexibility index (Phi) is 6.05. The van der Waals surface area contributed by atoms with Crippen molar-refractivity contribution in [1.29, 1.82) is 0 Å². The van der Waals surface area contributed by atoms with Gasteiger partial charge in [-0.05, 0) is 12.1 Å². The van der Waals surface area contributed by atoms with Crippen LogP contribution in [0.3, 0.4) is 0 Å². The van der Waals surface area contributed by atoms with E-state index in [-0.39, 0.29) is 29.3 Å². The standard InChI is InChI=1S/C17H19NO8S/c19-5-13-14(22)15(23)16(24)17(26-13)25-9-1-2-10(12(21)4-9)11(20)3-8-6-27-7-18-8/h1-2,4,6-7,13-17,19,21-24H,3,5H2/t13-,14-,15+,16-,17-/m0/s1. The third-order valence-corrected chi connectivity index (χ3v) is 4.83. The van der Waals surface area contributed by atoms with Crippen molar-refractivity contribution >= 4 is 17.1 Å². The number of rotatable bonds is 6. The van der Waals surface area contributed by atoms with Crippen molar-refractivity contribution in [3.8, 4) is 11.5 Å². The molecule has 3 rings (SSSR count). The van der Waals surface area contributed by atoms with E-state index in [0.717, 1.165) is 0 Å². The van der Waals surface area contributed by atoms with Crippen molar-refractivity contribution in [2.45, 2.75) is 37.1 Å².